The number of para-hydroxylation sites is 1. The number of fused-ring (bicyclic) bond motifs is 1. The molecule has 1 N–H and O–H groups in total. The van der Waals surface area contributed by atoms with Crippen molar-refractivity contribution in [3.63, 3.8) is 0 Å². The van der Waals surface area contributed by atoms with Gasteiger partial charge in [-0.05, 0) is 50.5 Å². The molecule has 1 aliphatic rings. The fourth-order valence-corrected chi connectivity index (χ4v) is 3.17. The summed E-state index contributed by atoms with van der Waals surface area (Å²) in [7, 11) is 0. The maximum absolute atomic E-state index is 12.4. The van der Waals surface area contributed by atoms with Gasteiger partial charge in [0, 0.05) is 17.4 Å². The van der Waals surface area contributed by atoms with Gasteiger partial charge in [0.2, 0.25) is 5.91 Å². The minimum atomic E-state index is 0.0375. The molecule has 0 fully saturated rings. The monoisotopic (exact) mass is 294 g/mol. The van der Waals surface area contributed by atoms with Gasteiger partial charge in [-0.1, -0.05) is 35.9 Å². The molecular weight excluding hydrogens is 272 g/mol. The van der Waals surface area contributed by atoms with E-state index in [9.17, 15) is 4.79 Å². The lowest BCUT2D eigenvalue weighted by Gasteiger charge is -2.24. The molecule has 0 aromatic heterocycles. The number of hydrogen-bond donors (Lipinski definition) is 1. The molecule has 22 heavy (non-hydrogen) atoms. The Bertz CT molecular complexity index is 708. The van der Waals surface area contributed by atoms with Crippen LogP contribution in [0.5, 0.6) is 0 Å². The maximum atomic E-state index is 12.4. The molecule has 0 saturated heterocycles. The number of benzene rings is 2. The molecule has 0 saturated carbocycles. The number of carbonyl (C=O) groups excluding carboxylic acids is 1. The van der Waals surface area contributed by atoms with Gasteiger partial charge in [-0.2, -0.15) is 0 Å². The molecule has 1 heterocycles. The Balaban J connectivity index is 1.72. The average molecular weight is 294 g/mol. The molecule has 2 aromatic carbocycles. The summed E-state index contributed by atoms with van der Waals surface area (Å²) in [4.78, 5) is 14.6. The van der Waals surface area contributed by atoms with Gasteiger partial charge in [0.25, 0.3) is 0 Å². The predicted molar refractivity (Wildman–Crippen MR) is 91.5 cm³/mol. The van der Waals surface area contributed by atoms with Crippen LogP contribution in [0.4, 0.5) is 11.4 Å². The zero-order valence-corrected chi connectivity index (χ0v) is 13.4. The molecule has 3 heteroatoms. The smallest absolute Gasteiger partial charge is 0.243 e. The summed E-state index contributed by atoms with van der Waals surface area (Å²) in [5, 5.41) is 3.04. The molecule has 0 unspecified atom stereocenters. The Hall–Kier alpha value is -2.29. The largest absolute Gasteiger partial charge is 0.359 e. The van der Waals surface area contributed by atoms with Crippen LogP contribution in [0.2, 0.25) is 0 Å². The molecule has 2 aromatic rings. The average Bonchev–Trinajstić information content (AvgIpc) is 2.78. The summed E-state index contributed by atoms with van der Waals surface area (Å²) < 4.78 is 0. The fraction of sp³-hybridized carbons (Fsp3) is 0.316. The minimum absolute atomic E-state index is 0.0375. The van der Waals surface area contributed by atoms with Gasteiger partial charge in [-0.25, -0.2) is 0 Å². The van der Waals surface area contributed by atoms with Crippen molar-refractivity contribution < 1.29 is 4.79 Å². The number of nitrogens with one attached hydrogen (secondary N) is 1. The lowest BCUT2D eigenvalue weighted by atomic mass is 10.1. The first-order chi connectivity index (χ1) is 10.5. The van der Waals surface area contributed by atoms with Crippen molar-refractivity contribution in [3.8, 4) is 0 Å². The Morgan fingerprint density at radius 1 is 1.23 bits per heavy atom. The molecule has 0 bridgehead atoms. The lowest BCUT2D eigenvalue weighted by molar-refractivity contribution is -0.115. The second-order valence-electron chi connectivity index (χ2n) is 6.18. The standard InChI is InChI=1S/C19H22N2O/c1-13-8-9-17(14(2)10-13)20-19(22)12-21-15(3)11-16-6-4-5-7-18(16)21/h4-10,15H,11-12H2,1-3H3,(H,20,22)/t15-/m1/s1. The van der Waals surface area contributed by atoms with Crippen LogP contribution >= 0.6 is 0 Å². The van der Waals surface area contributed by atoms with Crippen LogP contribution in [0.15, 0.2) is 42.5 Å². The van der Waals surface area contributed by atoms with E-state index >= 15 is 0 Å². The highest BCUT2D eigenvalue weighted by molar-refractivity contribution is 5.95. The first kappa shape index (κ1) is 14.6. The van der Waals surface area contributed by atoms with Crippen molar-refractivity contribution in [1.82, 2.24) is 0 Å². The summed E-state index contributed by atoms with van der Waals surface area (Å²) >= 11 is 0. The predicted octanol–water partition coefficient (Wildman–Crippen LogP) is 3.69. The number of amides is 1. The molecule has 0 aliphatic carbocycles. The minimum Gasteiger partial charge on any atom is -0.359 e. The van der Waals surface area contributed by atoms with E-state index < -0.39 is 0 Å². The quantitative estimate of drug-likeness (QED) is 0.936. The number of nitrogens with zero attached hydrogens (tertiary/aromatic N) is 1. The van der Waals surface area contributed by atoms with Crippen LogP contribution in [0, 0.1) is 13.8 Å². The molecule has 0 spiro atoms. The summed E-state index contributed by atoms with van der Waals surface area (Å²) in [6.45, 7) is 6.65. The second-order valence-corrected chi connectivity index (χ2v) is 6.18. The van der Waals surface area contributed by atoms with E-state index in [0.717, 1.165) is 17.7 Å². The summed E-state index contributed by atoms with van der Waals surface area (Å²) in [6.07, 6.45) is 1.01. The summed E-state index contributed by atoms with van der Waals surface area (Å²) in [6, 6.07) is 14.8. The van der Waals surface area contributed by atoms with Gasteiger partial charge in [0.05, 0.1) is 6.54 Å². The highest BCUT2D eigenvalue weighted by Gasteiger charge is 2.27. The third-order valence-corrected chi connectivity index (χ3v) is 4.32. The highest BCUT2D eigenvalue weighted by Crippen LogP contribution is 2.31. The van der Waals surface area contributed by atoms with Crippen molar-refractivity contribution in [1.29, 1.82) is 0 Å². The molecule has 3 rings (SSSR count). The number of aryl methyl sites for hydroxylation is 2. The fourth-order valence-electron chi connectivity index (χ4n) is 3.17. The highest BCUT2D eigenvalue weighted by atomic mass is 16.2. The number of hydrogen-bond acceptors (Lipinski definition) is 2. The zero-order valence-electron chi connectivity index (χ0n) is 13.4. The van der Waals surface area contributed by atoms with E-state index in [1.54, 1.807) is 0 Å². The van der Waals surface area contributed by atoms with E-state index in [0.29, 0.717) is 12.6 Å². The van der Waals surface area contributed by atoms with E-state index in [4.69, 9.17) is 0 Å². The Morgan fingerprint density at radius 2 is 2.00 bits per heavy atom. The van der Waals surface area contributed by atoms with Crippen molar-refractivity contribution in [2.75, 3.05) is 16.8 Å². The van der Waals surface area contributed by atoms with Crippen molar-refractivity contribution in [3.05, 3.63) is 59.2 Å². The van der Waals surface area contributed by atoms with Crippen LogP contribution in [-0.4, -0.2) is 18.5 Å². The van der Waals surface area contributed by atoms with Crippen LogP contribution in [0.25, 0.3) is 0 Å². The van der Waals surface area contributed by atoms with Gasteiger partial charge < -0.3 is 10.2 Å². The van der Waals surface area contributed by atoms with Gasteiger partial charge >= 0.3 is 0 Å². The Labute approximate surface area is 132 Å². The first-order valence-electron chi connectivity index (χ1n) is 7.76. The molecule has 0 radical (unpaired) electrons. The van der Waals surface area contributed by atoms with Crippen LogP contribution in [0.1, 0.15) is 23.6 Å². The van der Waals surface area contributed by atoms with E-state index in [1.807, 2.05) is 25.1 Å². The molecule has 3 nitrogen and oxygen atoms in total. The summed E-state index contributed by atoms with van der Waals surface area (Å²) in [5.74, 6) is 0.0375. The Morgan fingerprint density at radius 3 is 2.77 bits per heavy atom. The van der Waals surface area contributed by atoms with Crippen LogP contribution in [-0.2, 0) is 11.2 Å². The number of anilines is 2. The second kappa shape index (κ2) is 5.84. The summed E-state index contributed by atoms with van der Waals surface area (Å²) in [5.41, 5.74) is 5.72. The van der Waals surface area contributed by atoms with Crippen molar-refractivity contribution in [2.24, 2.45) is 0 Å². The maximum Gasteiger partial charge on any atom is 0.243 e. The van der Waals surface area contributed by atoms with E-state index in [1.165, 1.54) is 16.8 Å². The molecular formula is C19H22N2O. The van der Waals surface area contributed by atoms with Gasteiger partial charge in [0.1, 0.15) is 0 Å². The number of carbonyl (C=O) groups is 1. The van der Waals surface area contributed by atoms with Crippen LogP contribution in [0.3, 0.4) is 0 Å². The van der Waals surface area contributed by atoms with Crippen molar-refractivity contribution >= 4 is 17.3 Å². The third-order valence-electron chi connectivity index (χ3n) is 4.32. The van der Waals surface area contributed by atoms with Crippen molar-refractivity contribution in [2.45, 2.75) is 33.2 Å². The molecule has 114 valence electrons. The normalized spacial score (nSPS) is 16.5. The SMILES string of the molecule is Cc1ccc(NC(=O)CN2c3ccccc3C[C@H]2C)c(C)c1. The third kappa shape index (κ3) is 2.84. The van der Waals surface area contributed by atoms with E-state index in [-0.39, 0.29) is 5.91 Å². The van der Waals surface area contributed by atoms with Gasteiger partial charge in [-0.15, -0.1) is 0 Å². The lowest BCUT2D eigenvalue weighted by Crippen LogP contribution is -2.37. The van der Waals surface area contributed by atoms with Gasteiger partial charge in [-0.3, -0.25) is 4.79 Å². The molecule has 1 amide bonds. The zero-order chi connectivity index (χ0) is 15.7. The van der Waals surface area contributed by atoms with E-state index in [2.05, 4.69) is 48.3 Å². The molecule has 1 aliphatic heterocycles. The first-order valence-corrected chi connectivity index (χ1v) is 7.76. The van der Waals surface area contributed by atoms with Gasteiger partial charge in [0.15, 0.2) is 0 Å². The molecule has 1 atom stereocenters. The number of rotatable bonds is 3. The topological polar surface area (TPSA) is 32.3 Å². The Kier molecular flexibility index (Phi) is 3.88. The van der Waals surface area contributed by atoms with Crippen LogP contribution < -0.4 is 10.2 Å².